The van der Waals surface area contributed by atoms with Gasteiger partial charge in [-0.3, -0.25) is 13.9 Å². The SMILES string of the molecule is CCNC(=O)[C@@H](C)N(Cc1ccc(C)cc1)C(=O)CN(c1ccc(Cl)cc1Cl)S(=O)(=O)c1ccccc1. The second-order valence-corrected chi connectivity index (χ2v) is 11.2. The highest BCUT2D eigenvalue weighted by atomic mass is 35.5. The molecule has 0 saturated heterocycles. The third-order valence-electron chi connectivity index (χ3n) is 5.78. The Bertz CT molecular complexity index is 1350. The number of amides is 2. The maximum Gasteiger partial charge on any atom is 0.264 e. The van der Waals surface area contributed by atoms with Gasteiger partial charge in [-0.2, -0.15) is 0 Å². The minimum absolute atomic E-state index is 0.00400. The van der Waals surface area contributed by atoms with Crippen molar-refractivity contribution in [1.29, 1.82) is 0 Å². The van der Waals surface area contributed by atoms with Crippen LogP contribution in [0.1, 0.15) is 25.0 Å². The average molecular weight is 563 g/mol. The summed E-state index contributed by atoms with van der Waals surface area (Å²) >= 11 is 12.4. The molecule has 196 valence electrons. The van der Waals surface area contributed by atoms with Crippen molar-refractivity contribution in [3.63, 3.8) is 0 Å². The lowest BCUT2D eigenvalue weighted by Crippen LogP contribution is -2.51. The molecule has 7 nitrogen and oxygen atoms in total. The second-order valence-electron chi connectivity index (χ2n) is 8.50. The molecule has 0 bridgehead atoms. The molecule has 0 spiro atoms. The molecule has 3 rings (SSSR count). The summed E-state index contributed by atoms with van der Waals surface area (Å²) < 4.78 is 28.4. The van der Waals surface area contributed by atoms with Crippen LogP contribution in [-0.4, -0.2) is 44.3 Å². The smallest absolute Gasteiger partial charge is 0.264 e. The molecular formula is C27H29Cl2N3O4S. The Balaban J connectivity index is 2.04. The lowest BCUT2D eigenvalue weighted by molar-refractivity contribution is -0.139. The standard InChI is InChI=1S/C27H29Cl2N3O4S/c1-4-30-27(34)20(3)31(17-21-12-10-19(2)11-13-21)26(33)18-32(25-15-14-22(28)16-24(25)29)37(35,36)23-8-6-5-7-9-23/h5-16,20H,4,17-18H2,1-3H3,(H,30,34)/t20-/m1/s1. The molecular weight excluding hydrogens is 533 g/mol. The van der Waals surface area contributed by atoms with Crippen LogP contribution in [0.15, 0.2) is 77.7 Å². The van der Waals surface area contributed by atoms with Gasteiger partial charge in [0.05, 0.1) is 15.6 Å². The van der Waals surface area contributed by atoms with Gasteiger partial charge >= 0.3 is 0 Å². The van der Waals surface area contributed by atoms with Gasteiger partial charge in [-0.05, 0) is 56.7 Å². The Hall–Kier alpha value is -3.07. The van der Waals surface area contributed by atoms with Gasteiger partial charge in [-0.15, -0.1) is 0 Å². The first-order valence-corrected chi connectivity index (χ1v) is 13.9. The molecule has 1 N–H and O–H groups in total. The summed E-state index contributed by atoms with van der Waals surface area (Å²) in [6.45, 7) is 5.28. The van der Waals surface area contributed by atoms with Gasteiger partial charge in [0.2, 0.25) is 11.8 Å². The van der Waals surface area contributed by atoms with Crippen LogP contribution in [0.3, 0.4) is 0 Å². The van der Waals surface area contributed by atoms with Crippen LogP contribution >= 0.6 is 23.2 Å². The fourth-order valence-electron chi connectivity index (χ4n) is 3.71. The topological polar surface area (TPSA) is 86.8 Å². The zero-order chi connectivity index (χ0) is 27.2. The number of anilines is 1. The van der Waals surface area contributed by atoms with E-state index in [0.717, 1.165) is 15.4 Å². The van der Waals surface area contributed by atoms with E-state index >= 15 is 0 Å². The van der Waals surface area contributed by atoms with E-state index < -0.39 is 28.5 Å². The highest BCUT2D eigenvalue weighted by Gasteiger charge is 2.33. The van der Waals surface area contributed by atoms with E-state index in [0.29, 0.717) is 11.6 Å². The number of carbonyl (C=O) groups is 2. The molecule has 0 aliphatic rings. The summed E-state index contributed by atoms with van der Waals surface area (Å²) in [6.07, 6.45) is 0. The van der Waals surface area contributed by atoms with E-state index in [1.54, 1.807) is 32.0 Å². The lowest BCUT2D eigenvalue weighted by atomic mass is 10.1. The van der Waals surface area contributed by atoms with Crippen LogP contribution in [0.2, 0.25) is 10.0 Å². The Morgan fingerprint density at radius 2 is 1.62 bits per heavy atom. The van der Waals surface area contributed by atoms with Gasteiger partial charge in [-0.25, -0.2) is 8.42 Å². The zero-order valence-electron chi connectivity index (χ0n) is 20.8. The summed E-state index contributed by atoms with van der Waals surface area (Å²) in [4.78, 5) is 27.9. The number of nitrogens with one attached hydrogen (secondary N) is 1. The Kier molecular flexibility index (Phi) is 9.59. The second kappa shape index (κ2) is 12.4. The number of likely N-dealkylation sites (N-methyl/N-ethyl adjacent to an activating group) is 1. The van der Waals surface area contributed by atoms with E-state index in [-0.39, 0.29) is 28.1 Å². The Morgan fingerprint density at radius 1 is 0.973 bits per heavy atom. The van der Waals surface area contributed by atoms with Crippen LogP contribution in [0.5, 0.6) is 0 Å². The maximum absolute atomic E-state index is 13.8. The minimum Gasteiger partial charge on any atom is -0.355 e. The van der Waals surface area contributed by atoms with Crippen molar-refractivity contribution in [2.75, 3.05) is 17.4 Å². The van der Waals surface area contributed by atoms with Gasteiger partial charge in [0.15, 0.2) is 0 Å². The van der Waals surface area contributed by atoms with E-state index in [4.69, 9.17) is 23.2 Å². The van der Waals surface area contributed by atoms with Crippen molar-refractivity contribution in [2.45, 2.75) is 38.3 Å². The minimum atomic E-state index is -4.19. The number of sulfonamides is 1. The molecule has 37 heavy (non-hydrogen) atoms. The summed E-state index contributed by atoms with van der Waals surface area (Å²) in [5.74, 6) is -0.908. The molecule has 0 aromatic heterocycles. The summed E-state index contributed by atoms with van der Waals surface area (Å²) in [5, 5.41) is 3.12. The number of carbonyl (C=O) groups excluding carboxylic acids is 2. The third-order valence-corrected chi connectivity index (χ3v) is 8.09. The fraction of sp³-hybridized carbons (Fsp3) is 0.259. The molecule has 0 aliphatic carbocycles. The molecule has 3 aromatic rings. The molecule has 1 atom stereocenters. The van der Waals surface area contributed by atoms with Crippen LogP contribution in [-0.2, 0) is 26.2 Å². The van der Waals surface area contributed by atoms with Crippen LogP contribution in [0.4, 0.5) is 5.69 Å². The van der Waals surface area contributed by atoms with E-state index in [2.05, 4.69) is 5.32 Å². The molecule has 0 heterocycles. The van der Waals surface area contributed by atoms with Crippen molar-refractivity contribution in [1.82, 2.24) is 10.2 Å². The normalized spacial score (nSPS) is 12.0. The van der Waals surface area contributed by atoms with Crippen molar-refractivity contribution >= 4 is 50.7 Å². The third kappa shape index (κ3) is 7.03. The molecule has 0 unspecified atom stereocenters. The molecule has 0 radical (unpaired) electrons. The van der Waals surface area contributed by atoms with Crippen molar-refractivity contribution in [3.05, 3.63) is 94.0 Å². The highest BCUT2D eigenvalue weighted by Crippen LogP contribution is 2.33. The first kappa shape index (κ1) is 28.5. The number of hydrogen-bond donors (Lipinski definition) is 1. The predicted octanol–water partition coefficient (Wildman–Crippen LogP) is 5.05. The van der Waals surface area contributed by atoms with E-state index in [9.17, 15) is 18.0 Å². The fourth-order valence-corrected chi connectivity index (χ4v) is 5.73. The number of hydrogen-bond acceptors (Lipinski definition) is 4. The van der Waals surface area contributed by atoms with Crippen LogP contribution < -0.4 is 9.62 Å². The first-order valence-electron chi connectivity index (χ1n) is 11.7. The van der Waals surface area contributed by atoms with Gasteiger partial charge in [0, 0.05) is 18.1 Å². The summed E-state index contributed by atoms with van der Waals surface area (Å²) in [7, 11) is -4.19. The molecule has 0 saturated carbocycles. The van der Waals surface area contributed by atoms with Crippen molar-refractivity contribution in [2.24, 2.45) is 0 Å². The first-order chi connectivity index (χ1) is 17.5. The van der Waals surface area contributed by atoms with Gasteiger partial charge in [-0.1, -0.05) is 71.2 Å². The lowest BCUT2D eigenvalue weighted by Gasteiger charge is -2.32. The van der Waals surface area contributed by atoms with Gasteiger partial charge in [0.1, 0.15) is 12.6 Å². The Morgan fingerprint density at radius 3 is 2.22 bits per heavy atom. The summed E-state index contributed by atoms with van der Waals surface area (Å²) in [5.41, 5.74) is 1.96. The van der Waals surface area contributed by atoms with Crippen molar-refractivity contribution < 1.29 is 18.0 Å². The predicted molar refractivity (Wildman–Crippen MR) is 147 cm³/mol. The quantitative estimate of drug-likeness (QED) is 0.375. The van der Waals surface area contributed by atoms with Gasteiger partial charge < -0.3 is 10.2 Å². The molecule has 10 heteroatoms. The molecule has 0 aliphatic heterocycles. The maximum atomic E-state index is 13.8. The Labute approximate surface area is 228 Å². The average Bonchev–Trinajstić information content (AvgIpc) is 2.87. The van der Waals surface area contributed by atoms with E-state index in [1.807, 2.05) is 31.2 Å². The van der Waals surface area contributed by atoms with Gasteiger partial charge in [0.25, 0.3) is 10.0 Å². The number of rotatable bonds is 10. The molecule has 2 amide bonds. The van der Waals surface area contributed by atoms with Crippen LogP contribution in [0, 0.1) is 6.92 Å². The number of benzene rings is 3. The number of halogens is 2. The van der Waals surface area contributed by atoms with Crippen LogP contribution in [0.25, 0.3) is 0 Å². The number of nitrogens with zero attached hydrogens (tertiary/aromatic N) is 2. The monoisotopic (exact) mass is 561 g/mol. The molecule has 3 aromatic carbocycles. The molecule has 0 fully saturated rings. The summed E-state index contributed by atoms with van der Waals surface area (Å²) in [6, 6.07) is 18.9. The number of aryl methyl sites for hydroxylation is 1. The van der Waals surface area contributed by atoms with E-state index in [1.165, 1.54) is 35.2 Å². The largest absolute Gasteiger partial charge is 0.355 e. The highest BCUT2D eigenvalue weighted by molar-refractivity contribution is 7.92. The van der Waals surface area contributed by atoms with Crippen molar-refractivity contribution in [3.8, 4) is 0 Å². The zero-order valence-corrected chi connectivity index (χ0v) is 23.1.